The lowest BCUT2D eigenvalue weighted by Crippen LogP contribution is -2.01. The molecule has 0 spiro atoms. The van der Waals surface area contributed by atoms with E-state index in [2.05, 4.69) is 117 Å². The molecule has 0 saturated heterocycles. The second-order valence-corrected chi connectivity index (χ2v) is 10.9. The Labute approximate surface area is 255 Å². The number of benzene rings is 3. The number of nitrogens with zero attached hydrogens (tertiary/aromatic N) is 5. The molecule has 5 aromatic heterocycles. The van der Waals surface area contributed by atoms with Gasteiger partial charge in [-0.1, -0.05) is 72.8 Å². The van der Waals surface area contributed by atoms with Crippen LogP contribution in [0.25, 0.3) is 77.8 Å². The van der Waals surface area contributed by atoms with Gasteiger partial charge in [0.1, 0.15) is 0 Å². The molecular formula is C39H29N5. The summed E-state index contributed by atoms with van der Waals surface area (Å²) in [6.07, 6.45) is 9.98. The van der Waals surface area contributed by atoms with E-state index in [1.54, 1.807) is 0 Å². The highest BCUT2D eigenvalue weighted by Gasteiger charge is 2.22. The summed E-state index contributed by atoms with van der Waals surface area (Å²) in [4.78, 5) is 14.4. The molecule has 0 saturated carbocycles. The van der Waals surface area contributed by atoms with Crippen molar-refractivity contribution in [3.63, 3.8) is 0 Å². The highest BCUT2D eigenvalue weighted by atomic mass is 15.0. The fraction of sp³-hybridized carbons (Fsp3) is 0.0513. The number of para-hydroxylation sites is 2. The molecule has 8 aromatic rings. The number of allylic oxidation sites excluding steroid dienone is 4. The largest absolute Gasteiger partial charge is 0.311 e. The Bertz CT molecular complexity index is 2340. The van der Waals surface area contributed by atoms with Crippen LogP contribution in [0.2, 0.25) is 0 Å². The lowest BCUT2D eigenvalue weighted by atomic mass is 10.1. The first kappa shape index (κ1) is 25.9. The Balaban J connectivity index is 1.56. The van der Waals surface area contributed by atoms with Crippen LogP contribution in [0.1, 0.15) is 13.8 Å². The summed E-state index contributed by atoms with van der Waals surface area (Å²) < 4.78 is 4.80. The van der Waals surface area contributed by atoms with Crippen molar-refractivity contribution in [2.24, 2.45) is 0 Å². The van der Waals surface area contributed by atoms with E-state index in [0.29, 0.717) is 0 Å². The van der Waals surface area contributed by atoms with Gasteiger partial charge in [-0.3, -0.25) is 9.97 Å². The predicted molar refractivity (Wildman–Crippen MR) is 183 cm³/mol. The third kappa shape index (κ3) is 4.05. The molecule has 0 unspecified atom stereocenters. The maximum atomic E-state index is 5.06. The highest BCUT2D eigenvalue weighted by Crippen LogP contribution is 2.42. The zero-order valence-corrected chi connectivity index (χ0v) is 24.5. The molecule has 210 valence electrons. The Hall–Kier alpha value is -5.81. The van der Waals surface area contributed by atoms with Crippen molar-refractivity contribution < 1.29 is 0 Å². The number of aromatic nitrogens is 5. The molecule has 44 heavy (non-hydrogen) atoms. The summed E-state index contributed by atoms with van der Waals surface area (Å²) in [6.45, 7) is 4.23. The fourth-order valence-electron chi connectivity index (χ4n) is 6.38. The monoisotopic (exact) mass is 567 g/mol. The van der Waals surface area contributed by atoms with Gasteiger partial charge in [0.15, 0.2) is 0 Å². The van der Waals surface area contributed by atoms with Crippen molar-refractivity contribution in [1.82, 2.24) is 24.1 Å². The second-order valence-electron chi connectivity index (χ2n) is 10.9. The average molecular weight is 568 g/mol. The Kier molecular flexibility index (Phi) is 6.16. The van der Waals surface area contributed by atoms with Gasteiger partial charge in [-0.15, -0.1) is 0 Å². The molecule has 0 fully saturated rings. The minimum atomic E-state index is 0.798. The van der Waals surface area contributed by atoms with E-state index in [4.69, 9.17) is 4.98 Å². The molecule has 8 rings (SSSR count). The molecule has 0 N–H and O–H groups in total. The maximum Gasteiger partial charge on any atom is 0.0915 e. The van der Waals surface area contributed by atoms with Gasteiger partial charge < -0.3 is 9.13 Å². The summed E-state index contributed by atoms with van der Waals surface area (Å²) in [5, 5.41) is 4.85. The molecule has 3 aromatic carbocycles. The highest BCUT2D eigenvalue weighted by molar-refractivity contribution is 6.24. The topological polar surface area (TPSA) is 48.5 Å². The molecule has 0 aliphatic heterocycles. The third-order valence-corrected chi connectivity index (χ3v) is 8.27. The van der Waals surface area contributed by atoms with Crippen molar-refractivity contribution in [2.75, 3.05) is 0 Å². The van der Waals surface area contributed by atoms with Crippen LogP contribution in [-0.4, -0.2) is 24.1 Å². The standard InChI is InChI=1S/C39H29N5/c1-3-4-13-26(2)43-36-18-7-5-14-28(36)30-20-21-31-29-15-6-8-19-37(29)44(39(31)38(30)43)27-24-34(32-16-9-11-22-40-32)42-35(25-27)33-17-10-12-23-41-33/h3-25H,1-2H3/b4-3-,26-13+. The maximum absolute atomic E-state index is 5.06. The number of hydrogen-bond acceptors (Lipinski definition) is 3. The van der Waals surface area contributed by atoms with Gasteiger partial charge in [-0.05, 0) is 68.5 Å². The molecule has 0 aliphatic rings. The van der Waals surface area contributed by atoms with E-state index in [9.17, 15) is 0 Å². The quantitative estimate of drug-likeness (QED) is 0.195. The van der Waals surface area contributed by atoms with Gasteiger partial charge in [0.05, 0.1) is 50.5 Å². The minimum Gasteiger partial charge on any atom is -0.311 e. The van der Waals surface area contributed by atoms with Crippen molar-refractivity contribution in [1.29, 1.82) is 0 Å². The van der Waals surface area contributed by atoms with E-state index in [0.717, 1.165) is 45.2 Å². The van der Waals surface area contributed by atoms with Crippen LogP contribution in [-0.2, 0) is 0 Å². The molecule has 5 heterocycles. The molecule has 0 radical (unpaired) electrons. The second kappa shape index (κ2) is 10.5. The zero-order valence-electron chi connectivity index (χ0n) is 24.5. The van der Waals surface area contributed by atoms with Crippen LogP contribution in [0.15, 0.2) is 140 Å². The summed E-state index contributed by atoms with van der Waals surface area (Å²) in [7, 11) is 0. The van der Waals surface area contributed by atoms with Gasteiger partial charge in [0.2, 0.25) is 0 Å². The first-order valence-corrected chi connectivity index (χ1v) is 14.8. The third-order valence-electron chi connectivity index (χ3n) is 8.27. The van der Waals surface area contributed by atoms with E-state index >= 15 is 0 Å². The van der Waals surface area contributed by atoms with Crippen molar-refractivity contribution in [3.05, 3.63) is 140 Å². The van der Waals surface area contributed by atoms with Gasteiger partial charge in [0.25, 0.3) is 0 Å². The average Bonchev–Trinajstić information content (AvgIpc) is 3.61. The summed E-state index contributed by atoms with van der Waals surface area (Å²) in [5.74, 6) is 0. The van der Waals surface area contributed by atoms with Crippen LogP contribution in [0.3, 0.4) is 0 Å². The number of pyridine rings is 3. The van der Waals surface area contributed by atoms with E-state index < -0.39 is 0 Å². The smallest absolute Gasteiger partial charge is 0.0915 e. The van der Waals surface area contributed by atoms with E-state index in [1.165, 1.54) is 32.6 Å². The molecule has 0 aliphatic carbocycles. The number of rotatable bonds is 5. The number of fused-ring (bicyclic) bond motifs is 7. The van der Waals surface area contributed by atoms with Crippen LogP contribution in [0.5, 0.6) is 0 Å². The van der Waals surface area contributed by atoms with E-state index in [1.807, 2.05) is 55.7 Å². The predicted octanol–water partition coefficient (Wildman–Crippen LogP) is 9.85. The first-order chi connectivity index (χ1) is 21.7. The molecular weight excluding hydrogens is 538 g/mol. The molecule has 0 amide bonds. The van der Waals surface area contributed by atoms with Gasteiger partial charge in [-0.25, -0.2) is 4.98 Å². The Morgan fingerprint density at radius 3 is 1.77 bits per heavy atom. The van der Waals surface area contributed by atoms with Crippen molar-refractivity contribution in [3.8, 4) is 28.5 Å². The van der Waals surface area contributed by atoms with Gasteiger partial charge in [-0.2, -0.15) is 0 Å². The van der Waals surface area contributed by atoms with Crippen molar-refractivity contribution in [2.45, 2.75) is 13.8 Å². The normalized spacial score (nSPS) is 12.4. The van der Waals surface area contributed by atoms with Crippen LogP contribution >= 0.6 is 0 Å². The molecule has 5 heteroatoms. The molecule has 0 atom stereocenters. The summed E-state index contributed by atoms with van der Waals surface area (Å²) in [6, 6.07) is 38.1. The van der Waals surface area contributed by atoms with Crippen LogP contribution in [0.4, 0.5) is 0 Å². The van der Waals surface area contributed by atoms with Gasteiger partial charge >= 0.3 is 0 Å². The van der Waals surface area contributed by atoms with Crippen LogP contribution in [0, 0.1) is 0 Å². The Morgan fingerprint density at radius 2 is 1.16 bits per heavy atom. The summed E-state index contributed by atoms with van der Waals surface area (Å²) in [5.41, 5.74) is 10.0. The van der Waals surface area contributed by atoms with E-state index in [-0.39, 0.29) is 0 Å². The van der Waals surface area contributed by atoms with Crippen molar-refractivity contribution >= 4 is 49.3 Å². The van der Waals surface area contributed by atoms with Crippen LogP contribution < -0.4 is 0 Å². The summed E-state index contributed by atoms with van der Waals surface area (Å²) >= 11 is 0. The SMILES string of the molecule is C/C=C\C=C(/C)n1c2ccccc2c2ccc3c4ccccc4n(-c4cc(-c5ccccn5)nc(-c5ccccn5)c4)c3c21. The number of hydrogen-bond donors (Lipinski definition) is 0. The lowest BCUT2D eigenvalue weighted by molar-refractivity contribution is 1.13. The Morgan fingerprint density at radius 1 is 0.591 bits per heavy atom. The first-order valence-electron chi connectivity index (χ1n) is 14.8. The lowest BCUT2D eigenvalue weighted by Gasteiger charge is -2.14. The zero-order chi connectivity index (χ0) is 29.6. The molecule has 0 bridgehead atoms. The fourth-order valence-corrected chi connectivity index (χ4v) is 6.38. The van der Waals surface area contributed by atoms with Gasteiger partial charge in [0, 0.05) is 39.6 Å². The molecule has 5 nitrogen and oxygen atoms in total. The minimum absolute atomic E-state index is 0.798.